The van der Waals surface area contributed by atoms with Gasteiger partial charge in [0, 0.05) is 5.39 Å². The third-order valence-corrected chi connectivity index (χ3v) is 3.76. The highest BCUT2D eigenvalue weighted by Gasteiger charge is 2.13. The molecule has 0 spiro atoms. The van der Waals surface area contributed by atoms with Gasteiger partial charge in [0.2, 0.25) is 11.9 Å². The molecule has 0 saturated heterocycles. The third kappa shape index (κ3) is 3.34. The molecule has 122 valence electrons. The number of aromatic nitrogens is 2. The van der Waals surface area contributed by atoms with Crippen molar-refractivity contribution in [3.63, 3.8) is 0 Å². The largest absolute Gasteiger partial charge is 0.492 e. The van der Waals surface area contributed by atoms with Crippen LogP contribution in [0.2, 0.25) is 0 Å². The Morgan fingerprint density at radius 1 is 1.30 bits per heavy atom. The molecule has 2 heterocycles. The zero-order valence-corrected chi connectivity index (χ0v) is 13.8. The molecule has 1 aliphatic rings. The van der Waals surface area contributed by atoms with Crippen LogP contribution in [0.4, 0.5) is 5.95 Å². The number of aryl methyl sites for hydroxylation is 1. The molecular formula is C16H22N6O. The Kier molecular flexibility index (Phi) is 4.57. The molecule has 0 saturated carbocycles. The summed E-state index contributed by atoms with van der Waals surface area (Å²) in [6.45, 7) is 9.05. The second kappa shape index (κ2) is 6.78. The number of hydrogen-bond acceptors (Lipinski definition) is 7. The quantitative estimate of drug-likeness (QED) is 0.898. The molecule has 1 aliphatic heterocycles. The van der Waals surface area contributed by atoms with Gasteiger partial charge in [0.25, 0.3) is 0 Å². The van der Waals surface area contributed by atoms with E-state index in [1.165, 1.54) is 0 Å². The van der Waals surface area contributed by atoms with Crippen molar-refractivity contribution in [2.75, 3.05) is 31.8 Å². The topological polar surface area (TPSA) is 74.7 Å². The molecule has 0 fully saturated rings. The lowest BCUT2D eigenvalue weighted by atomic mass is 10.2. The van der Waals surface area contributed by atoms with Gasteiger partial charge in [-0.05, 0) is 26.5 Å². The van der Waals surface area contributed by atoms with Crippen LogP contribution in [0.15, 0.2) is 23.2 Å². The average molecular weight is 314 g/mol. The predicted molar refractivity (Wildman–Crippen MR) is 91.8 cm³/mol. The minimum atomic E-state index is 0.526. The van der Waals surface area contributed by atoms with E-state index in [9.17, 15) is 0 Å². The number of anilines is 1. The van der Waals surface area contributed by atoms with Gasteiger partial charge in [0.05, 0.1) is 25.6 Å². The van der Waals surface area contributed by atoms with Crippen molar-refractivity contribution in [2.45, 2.75) is 20.8 Å². The monoisotopic (exact) mass is 314 g/mol. The van der Waals surface area contributed by atoms with Crippen LogP contribution in [0.3, 0.4) is 0 Å². The van der Waals surface area contributed by atoms with Crippen molar-refractivity contribution in [1.29, 1.82) is 0 Å². The summed E-state index contributed by atoms with van der Waals surface area (Å²) in [6.07, 6.45) is 0. The molecule has 3 rings (SSSR count). The minimum Gasteiger partial charge on any atom is -0.492 e. The molecule has 1 aromatic carbocycles. The maximum absolute atomic E-state index is 5.68. The lowest BCUT2D eigenvalue weighted by molar-refractivity contribution is 0.279. The lowest BCUT2D eigenvalue weighted by Crippen LogP contribution is -2.45. The van der Waals surface area contributed by atoms with Gasteiger partial charge in [-0.3, -0.25) is 10.2 Å². The lowest BCUT2D eigenvalue weighted by Gasteiger charge is -2.25. The van der Waals surface area contributed by atoms with Gasteiger partial charge >= 0.3 is 0 Å². The number of nitrogens with one attached hydrogen (secondary N) is 2. The average Bonchev–Trinajstić information content (AvgIpc) is 2.57. The van der Waals surface area contributed by atoms with E-state index in [1.807, 2.05) is 32.0 Å². The van der Waals surface area contributed by atoms with E-state index >= 15 is 0 Å². The van der Waals surface area contributed by atoms with E-state index in [4.69, 9.17) is 4.74 Å². The van der Waals surface area contributed by atoms with Gasteiger partial charge < -0.3 is 10.1 Å². The van der Waals surface area contributed by atoms with Crippen LogP contribution in [-0.4, -0.2) is 47.3 Å². The summed E-state index contributed by atoms with van der Waals surface area (Å²) in [6, 6.07) is 5.90. The summed E-state index contributed by atoms with van der Waals surface area (Å²) in [5.41, 5.74) is 1.72. The molecule has 0 atom stereocenters. The van der Waals surface area contributed by atoms with Gasteiger partial charge in [-0.15, -0.1) is 0 Å². The summed E-state index contributed by atoms with van der Waals surface area (Å²) >= 11 is 0. The summed E-state index contributed by atoms with van der Waals surface area (Å²) in [5, 5.41) is 7.39. The first-order chi connectivity index (χ1) is 11.2. The Morgan fingerprint density at radius 3 is 2.87 bits per heavy atom. The van der Waals surface area contributed by atoms with Gasteiger partial charge in [-0.25, -0.2) is 15.0 Å². The number of fused-ring (bicyclic) bond motifs is 1. The summed E-state index contributed by atoms with van der Waals surface area (Å²) in [5.74, 6) is 2.00. The predicted octanol–water partition coefficient (Wildman–Crippen LogP) is 1.94. The smallest absolute Gasteiger partial charge is 0.230 e. The van der Waals surface area contributed by atoms with E-state index in [0.717, 1.165) is 35.6 Å². The molecule has 0 radical (unpaired) electrons. The molecule has 0 bridgehead atoms. The number of ether oxygens (including phenoxy) is 1. The number of rotatable bonds is 4. The van der Waals surface area contributed by atoms with Crippen molar-refractivity contribution in [2.24, 2.45) is 4.99 Å². The van der Waals surface area contributed by atoms with Gasteiger partial charge in [-0.1, -0.05) is 19.1 Å². The van der Waals surface area contributed by atoms with Crippen LogP contribution < -0.4 is 15.4 Å². The zero-order chi connectivity index (χ0) is 16.2. The van der Waals surface area contributed by atoms with E-state index in [0.29, 0.717) is 25.2 Å². The Balaban J connectivity index is 1.90. The van der Waals surface area contributed by atoms with Crippen molar-refractivity contribution < 1.29 is 4.74 Å². The normalized spacial score (nSPS) is 15.2. The maximum Gasteiger partial charge on any atom is 0.230 e. The molecule has 2 aromatic rings. The highest BCUT2D eigenvalue weighted by atomic mass is 16.5. The van der Waals surface area contributed by atoms with Crippen LogP contribution in [0.5, 0.6) is 5.75 Å². The Hall–Kier alpha value is -2.41. The third-order valence-electron chi connectivity index (χ3n) is 3.76. The second-order valence-electron chi connectivity index (χ2n) is 5.31. The SMILES string of the molecule is CCOc1cccc2c(C)nc(NC3=NCN(CC)CN3)nc12. The Bertz CT molecular complexity index is 730. The fourth-order valence-electron chi connectivity index (χ4n) is 2.47. The van der Waals surface area contributed by atoms with Crippen molar-refractivity contribution in [3.05, 3.63) is 23.9 Å². The van der Waals surface area contributed by atoms with Crippen molar-refractivity contribution >= 4 is 22.8 Å². The number of nitrogens with zero attached hydrogens (tertiary/aromatic N) is 4. The highest BCUT2D eigenvalue weighted by molar-refractivity contribution is 5.94. The van der Waals surface area contributed by atoms with Crippen molar-refractivity contribution in [1.82, 2.24) is 20.2 Å². The highest BCUT2D eigenvalue weighted by Crippen LogP contribution is 2.26. The number of guanidine groups is 1. The molecule has 7 heteroatoms. The fourth-order valence-corrected chi connectivity index (χ4v) is 2.47. The van der Waals surface area contributed by atoms with Crippen molar-refractivity contribution in [3.8, 4) is 5.75 Å². The molecule has 23 heavy (non-hydrogen) atoms. The number of para-hydroxylation sites is 1. The first-order valence-electron chi connectivity index (χ1n) is 7.89. The Labute approximate surface area is 135 Å². The first-order valence-corrected chi connectivity index (χ1v) is 7.89. The molecule has 0 aliphatic carbocycles. The fraction of sp³-hybridized carbons (Fsp3) is 0.438. The molecule has 1 aromatic heterocycles. The minimum absolute atomic E-state index is 0.526. The van der Waals surface area contributed by atoms with E-state index in [1.54, 1.807) is 0 Å². The number of hydrogen-bond donors (Lipinski definition) is 2. The molecule has 0 unspecified atom stereocenters. The van der Waals surface area contributed by atoms with Crippen LogP contribution in [0.25, 0.3) is 10.9 Å². The zero-order valence-electron chi connectivity index (χ0n) is 13.8. The van der Waals surface area contributed by atoms with Gasteiger partial charge in [0.1, 0.15) is 11.3 Å². The van der Waals surface area contributed by atoms with E-state index in [-0.39, 0.29) is 0 Å². The van der Waals surface area contributed by atoms with Gasteiger partial charge in [-0.2, -0.15) is 0 Å². The summed E-state index contributed by atoms with van der Waals surface area (Å²) < 4.78 is 5.68. The molecular weight excluding hydrogens is 292 g/mol. The van der Waals surface area contributed by atoms with Crippen LogP contribution in [0, 0.1) is 6.92 Å². The Morgan fingerprint density at radius 2 is 2.17 bits per heavy atom. The van der Waals surface area contributed by atoms with Crippen LogP contribution >= 0.6 is 0 Å². The molecule has 0 amide bonds. The second-order valence-corrected chi connectivity index (χ2v) is 5.31. The van der Waals surface area contributed by atoms with E-state index < -0.39 is 0 Å². The van der Waals surface area contributed by atoms with Crippen LogP contribution in [-0.2, 0) is 0 Å². The standard InChI is InChI=1S/C16H22N6O/c1-4-22-9-17-15(18-10-22)21-16-19-11(3)12-7-6-8-13(23-5-2)14(12)20-16/h6-8H,4-5,9-10H2,1-3H3,(H2,17,18,19,20,21). The summed E-state index contributed by atoms with van der Waals surface area (Å²) in [4.78, 5) is 15.8. The van der Waals surface area contributed by atoms with E-state index in [2.05, 4.69) is 37.4 Å². The maximum atomic E-state index is 5.68. The number of benzene rings is 1. The first kappa shape index (κ1) is 15.5. The molecule has 2 N–H and O–H groups in total. The summed E-state index contributed by atoms with van der Waals surface area (Å²) in [7, 11) is 0. The number of aliphatic imine (C=N–C) groups is 1. The van der Waals surface area contributed by atoms with Gasteiger partial charge in [0.15, 0.2) is 0 Å². The van der Waals surface area contributed by atoms with Crippen LogP contribution in [0.1, 0.15) is 19.5 Å². The molecule has 7 nitrogen and oxygen atoms in total.